The van der Waals surface area contributed by atoms with E-state index in [1.54, 1.807) is 0 Å². The fourth-order valence-corrected chi connectivity index (χ4v) is 2.75. The maximum Gasteiger partial charge on any atom is 0.231 e. The smallest absolute Gasteiger partial charge is 0.231 e. The number of fused-ring (bicyclic) bond motifs is 1. The average molecular weight is 350 g/mol. The maximum absolute atomic E-state index is 10.3. The number of aryl methyl sites for hydroxylation is 1. The van der Waals surface area contributed by atoms with Crippen LogP contribution in [0, 0.1) is 6.92 Å². The Kier molecular flexibility index (Phi) is 4.03. The van der Waals surface area contributed by atoms with E-state index in [-0.39, 0.29) is 6.79 Å². The third-order valence-corrected chi connectivity index (χ3v) is 3.95. The van der Waals surface area contributed by atoms with Gasteiger partial charge in [-0.3, -0.25) is 0 Å². The van der Waals surface area contributed by atoms with Crippen molar-refractivity contribution >= 4 is 21.6 Å². The van der Waals surface area contributed by atoms with Gasteiger partial charge in [-0.15, -0.1) is 0 Å². The minimum absolute atomic E-state index is 0.241. The molecular formula is C16H16BrNO3. The number of benzene rings is 2. The largest absolute Gasteiger partial charge is 0.454 e. The Balaban J connectivity index is 1.67. The van der Waals surface area contributed by atoms with Crippen LogP contribution >= 0.6 is 15.9 Å². The van der Waals surface area contributed by atoms with Gasteiger partial charge in [-0.25, -0.2) is 0 Å². The molecule has 2 aromatic rings. The second-order valence-electron chi connectivity index (χ2n) is 4.97. The van der Waals surface area contributed by atoms with Gasteiger partial charge in [0.15, 0.2) is 11.5 Å². The standard InChI is InChI=1S/C16H16BrNO3/c1-10-6-12(17)3-4-13(10)18-8-14(19)11-2-5-15-16(7-11)21-9-20-15/h2-7,14,18-19H,8-9H2,1H3. The number of ether oxygens (including phenoxy) is 2. The van der Waals surface area contributed by atoms with Crippen molar-refractivity contribution in [1.82, 2.24) is 0 Å². The summed E-state index contributed by atoms with van der Waals surface area (Å²) >= 11 is 3.44. The van der Waals surface area contributed by atoms with Crippen molar-refractivity contribution in [1.29, 1.82) is 0 Å². The van der Waals surface area contributed by atoms with Crippen LogP contribution in [-0.2, 0) is 0 Å². The minimum Gasteiger partial charge on any atom is -0.454 e. The Bertz CT molecular complexity index is 660. The number of hydrogen-bond donors (Lipinski definition) is 2. The summed E-state index contributed by atoms with van der Waals surface area (Å²) in [5, 5.41) is 13.6. The van der Waals surface area contributed by atoms with E-state index >= 15 is 0 Å². The van der Waals surface area contributed by atoms with Crippen LogP contribution in [0.3, 0.4) is 0 Å². The Morgan fingerprint density at radius 1 is 1.19 bits per heavy atom. The van der Waals surface area contributed by atoms with Crippen LogP contribution < -0.4 is 14.8 Å². The van der Waals surface area contributed by atoms with Crippen LogP contribution in [0.2, 0.25) is 0 Å². The molecule has 1 unspecified atom stereocenters. The summed E-state index contributed by atoms with van der Waals surface area (Å²) in [5.74, 6) is 1.41. The molecule has 0 fully saturated rings. The van der Waals surface area contributed by atoms with Crippen molar-refractivity contribution in [2.75, 3.05) is 18.7 Å². The quantitative estimate of drug-likeness (QED) is 0.884. The van der Waals surface area contributed by atoms with E-state index in [0.717, 1.165) is 27.0 Å². The number of hydrogen-bond acceptors (Lipinski definition) is 4. The Labute approximate surface area is 131 Å². The lowest BCUT2D eigenvalue weighted by Crippen LogP contribution is -2.12. The molecule has 110 valence electrons. The number of anilines is 1. The third-order valence-electron chi connectivity index (χ3n) is 3.46. The molecule has 1 heterocycles. The van der Waals surface area contributed by atoms with Crippen molar-refractivity contribution in [2.24, 2.45) is 0 Å². The molecule has 2 aromatic carbocycles. The summed E-state index contributed by atoms with van der Waals surface area (Å²) in [7, 11) is 0. The lowest BCUT2D eigenvalue weighted by atomic mass is 10.1. The average Bonchev–Trinajstić information content (AvgIpc) is 2.93. The van der Waals surface area contributed by atoms with Crippen molar-refractivity contribution in [3.8, 4) is 11.5 Å². The molecule has 4 nitrogen and oxygen atoms in total. The van der Waals surface area contributed by atoms with E-state index in [9.17, 15) is 5.11 Å². The predicted octanol–water partition coefficient (Wildman–Crippen LogP) is 3.63. The number of nitrogens with one attached hydrogen (secondary N) is 1. The van der Waals surface area contributed by atoms with Crippen LogP contribution in [0.4, 0.5) is 5.69 Å². The SMILES string of the molecule is Cc1cc(Br)ccc1NCC(O)c1ccc2c(c1)OCO2. The number of aliphatic hydroxyl groups excluding tert-OH is 1. The highest BCUT2D eigenvalue weighted by molar-refractivity contribution is 9.10. The summed E-state index contributed by atoms with van der Waals surface area (Å²) in [6.45, 7) is 2.70. The van der Waals surface area contributed by atoms with Crippen molar-refractivity contribution < 1.29 is 14.6 Å². The van der Waals surface area contributed by atoms with Gasteiger partial charge in [-0.05, 0) is 48.4 Å². The monoisotopic (exact) mass is 349 g/mol. The van der Waals surface area contributed by atoms with E-state index in [1.807, 2.05) is 43.3 Å². The van der Waals surface area contributed by atoms with Gasteiger partial charge in [0.1, 0.15) is 0 Å². The van der Waals surface area contributed by atoms with E-state index in [1.165, 1.54) is 0 Å². The Morgan fingerprint density at radius 2 is 2.00 bits per heavy atom. The van der Waals surface area contributed by atoms with Crippen molar-refractivity contribution in [2.45, 2.75) is 13.0 Å². The lowest BCUT2D eigenvalue weighted by molar-refractivity contribution is 0.173. The van der Waals surface area contributed by atoms with E-state index < -0.39 is 6.10 Å². The van der Waals surface area contributed by atoms with Crippen LogP contribution in [0.5, 0.6) is 11.5 Å². The molecule has 0 radical (unpaired) electrons. The second-order valence-corrected chi connectivity index (χ2v) is 5.88. The number of rotatable bonds is 4. The van der Waals surface area contributed by atoms with E-state index in [4.69, 9.17) is 9.47 Å². The molecule has 0 saturated heterocycles. The maximum atomic E-state index is 10.3. The van der Waals surface area contributed by atoms with Crippen molar-refractivity contribution in [3.05, 3.63) is 52.0 Å². The van der Waals surface area contributed by atoms with Crippen LogP contribution in [0.15, 0.2) is 40.9 Å². The van der Waals surface area contributed by atoms with Crippen LogP contribution in [-0.4, -0.2) is 18.4 Å². The van der Waals surface area contributed by atoms with Gasteiger partial charge < -0.3 is 19.9 Å². The van der Waals surface area contributed by atoms with Gasteiger partial charge in [0, 0.05) is 16.7 Å². The van der Waals surface area contributed by atoms with Crippen molar-refractivity contribution in [3.63, 3.8) is 0 Å². The molecule has 0 bridgehead atoms. The fourth-order valence-electron chi connectivity index (χ4n) is 2.27. The lowest BCUT2D eigenvalue weighted by Gasteiger charge is -2.15. The first-order chi connectivity index (χ1) is 10.1. The molecule has 5 heteroatoms. The second kappa shape index (κ2) is 5.95. The first kappa shape index (κ1) is 14.2. The number of halogens is 1. The van der Waals surface area contributed by atoms with Crippen LogP contribution in [0.1, 0.15) is 17.2 Å². The summed E-state index contributed by atoms with van der Waals surface area (Å²) in [6, 6.07) is 11.5. The molecule has 0 amide bonds. The normalized spacial score (nSPS) is 14.0. The van der Waals surface area contributed by atoms with Gasteiger partial charge in [-0.1, -0.05) is 22.0 Å². The molecular weight excluding hydrogens is 334 g/mol. The molecule has 2 N–H and O–H groups in total. The summed E-state index contributed by atoms with van der Waals surface area (Å²) < 4.78 is 11.6. The molecule has 0 aliphatic carbocycles. The van der Waals surface area contributed by atoms with Gasteiger partial charge in [0.05, 0.1) is 6.10 Å². The van der Waals surface area contributed by atoms with Gasteiger partial charge in [0.25, 0.3) is 0 Å². The molecule has 1 aliphatic heterocycles. The van der Waals surface area contributed by atoms with E-state index in [0.29, 0.717) is 12.3 Å². The molecule has 0 saturated carbocycles. The highest BCUT2D eigenvalue weighted by atomic mass is 79.9. The molecule has 0 spiro atoms. The zero-order chi connectivity index (χ0) is 14.8. The third kappa shape index (κ3) is 3.14. The zero-order valence-corrected chi connectivity index (χ0v) is 13.2. The molecule has 1 atom stereocenters. The van der Waals surface area contributed by atoms with Gasteiger partial charge in [0.2, 0.25) is 6.79 Å². The molecule has 0 aromatic heterocycles. The van der Waals surface area contributed by atoms with E-state index in [2.05, 4.69) is 21.2 Å². The summed E-state index contributed by atoms with van der Waals surface area (Å²) in [5.41, 5.74) is 2.95. The Morgan fingerprint density at radius 3 is 2.81 bits per heavy atom. The Hall–Kier alpha value is -1.72. The first-order valence-electron chi connectivity index (χ1n) is 6.71. The zero-order valence-electron chi connectivity index (χ0n) is 11.6. The van der Waals surface area contributed by atoms with Crippen LogP contribution in [0.25, 0.3) is 0 Å². The highest BCUT2D eigenvalue weighted by Gasteiger charge is 2.16. The van der Waals surface area contributed by atoms with Gasteiger partial charge in [-0.2, -0.15) is 0 Å². The molecule has 1 aliphatic rings. The molecule has 3 rings (SSSR count). The minimum atomic E-state index is -0.609. The topological polar surface area (TPSA) is 50.7 Å². The molecule has 21 heavy (non-hydrogen) atoms. The first-order valence-corrected chi connectivity index (χ1v) is 7.50. The summed E-state index contributed by atoms with van der Waals surface area (Å²) in [6.07, 6.45) is -0.609. The summed E-state index contributed by atoms with van der Waals surface area (Å²) in [4.78, 5) is 0. The fraction of sp³-hybridized carbons (Fsp3) is 0.250. The highest BCUT2D eigenvalue weighted by Crippen LogP contribution is 2.34. The van der Waals surface area contributed by atoms with Gasteiger partial charge >= 0.3 is 0 Å². The predicted molar refractivity (Wildman–Crippen MR) is 84.9 cm³/mol. The number of aliphatic hydroxyl groups is 1.